The summed E-state index contributed by atoms with van der Waals surface area (Å²) in [7, 11) is 0. The molecule has 0 aromatic carbocycles. The monoisotopic (exact) mass is 272 g/mol. The largest absolute Gasteiger partial charge is 0.444 e. The van der Waals surface area contributed by atoms with Gasteiger partial charge in [0.1, 0.15) is 0 Å². The van der Waals surface area contributed by atoms with Crippen molar-refractivity contribution in [3.8, 4) is 0 Å². The minimum Gasteiger partial charge on any atom is -0.444 e. The van der Waals surface area contributed by atoms with Crippen molar-refractivity contribution < 1.29 is 9.21 Å². The summed E-state index contributed by atoms with van der Waals surface area (Å²) in [6.07, 6.45) is 0.868. The zero-order chi connectivity index (χ0) is 11.0. The van der Waals surface area contributed by atoms with Gasteiger partial charge in [-0.25, -0.2) is 0 Å². The van der Waals surface area contributed by atoms with Crippen molar-refractivity contribution in [1.82, 2.24) is 4.90 Å². The second kappa shape index (κ2) is 3.98. The minimum absolute atomic E-state index is 0.0637. The normalized spacial score (nSPS) is 21.0. The van der Waals surface area contributed by atoms with Gasteiger partial charge in [-0.2, -0.15) is 0 Å². The summed E-state index contributed by atoms with van der Waals surface area (Å²) in [5.41, 5.74) is 6.60. The minimum atomic E-state index is -0.0637. The molecule has 82 valence electrons. The number of hydrogen-bond acceptors (Lipinski definition) is 3. The fourth-order valence-electron chi connectivity index (χ4n) is 1.77. The zero-order valence-electron chi connectivity index (χ0n) is 8.50. The zero-order valence-corrected chi connectivity index (χ0v) is 10.1. The van der Waals surface area contributed by atoms with E-state index in [-0.39, 0.29) is 11.9 Å². The van der Waals surface area contributed by atoms with Gasteiger partial charge in [0, 0.05) is 24.7 Å². The van der Waals surface area contributed by atoms with Crippen molar-refractivity contribution in [3.63, 3.8) is 0 Å². The molecule has 0 bridgehead atoms. The van der Waals surface area contributed by atoms with Gasteiger partial charge in [0.15, 0.2) is 10.4 Å². The highest BCUT2D eigenvalue weighted by Crippen LogP contribution is 2.22. The predicted molar refractivity (Wildman–Crippen MR) is 59.6 cm³/mol. The third-order valence-electron chi connectivity index (χ3n) is 2.59. The van der Waals surface area contributed by atoms with Crippen LogP contribution in [0, 0.1) is 6.92 Å². The van der Waals surface area contributed by atoms with E-state index in [1.165, 1.54) is 0 Å². The number of likely N-dealkylation sites (tertiary alicyclic amines) is 1. The lowest BCUT2D eigenvalue weighted by molar-refractivity contribution is 0.0757. The molecular formula is C10H13BrN2O2. The van der Waals surface area contributed by atoms with E-state index in [0.717, 1.165) is 18.5 Å². The van der Waals surface area contributed by atoms with Crippen molar-refractivity contribution in [3.05, 3.63) is 22.1 Å². The second-order valence-corrected chi connectivity index (χ2v) is 4.64. The molecule has 1 aliphatic heterocycles. The molecule has 1 aromatic rings. The Morgan fingerprint density at radius 1 is 1.73 bits per heavy atom. The molecule has 2 heterocycles. The maximum atomic E-state index is 12.0. The summed E-state index contributed by atoms with van der Waals surface area (Å²) in [5.74, 6) is 0.349. The fraction of sp³-hybridized carbons (Fsp3) is 0.500. The first-order valence-corrected chi connectivity index (χ1v) is 5.68. The lowest BCUT2D eigenvalue weighted by atomic mass is 10.2. The molecule has 2 rings (SSSR count). The molecule has 0 spiro atoms. The molecule has 0 unspecified atom stereocenters. The molecule has 1 aliphatic rings. The van der Waals surface area contributed by atoms with E-state index in [2.05, 4.69) is 15.9 Å². The molecule has 15 heavy (non-hydrogen) atoms. The molecule has 0 radical (unpaired) electrons. The molecule has 1 aromatic heterocycles. The number of carbonyl (C=O) groups excluding carboxylic acids is 1. The SMILES string of the molecule is Cc1cc(Br)oc1C(=O)N1CC[C@H](N)C1. The average molecular weight is 273 g/mol. The Hall–Kier alpha value is -0.810. The van der Waals surface area contributed by atoms with E-state index >= 15 is 0 Å². The lowest BCUT2D eigenvalue weighted by Gasteiger charge is -2.14. The molecule has 1 saturated heterocycles. The number of carbonyl (C=O) groups is 1. The molecule has 5 heteroatoms. The molecule has 2 N–H and O–H groups in total. The van der Waals surface area contributed by atoms with Crippen LogP contribution >= 0.6 is 15.9 Å². The van der Waals surface area contributed by atoms with E-state index in [9.17, 15) is 4.79 Å². The maximum Gasteiger partial charge on any atom is 0.289 e. The number of hydrogen-bond donors (Lipinski definition) is 1. The number of halogens is 1. The third-order valence-corrected chi connectivity index (χ3v) is 2.98. The Morgan fingerprint density at radius 2 is 2.47 bits per heavy atom. The summed E-state index contributed by atoms with van der Waals surface area (Å²) >= 11 is 3.21. The summed E-state index contributed by atoms with van der Waals surface area (Å²) in [6.45, 7) is 3.20. The van der Waals surface area contributed by atoms with Crippen LogP contribution in [-0.2, 0) is 0 Å². The van der Waals surface area contributed by atoms with Crippen LogP contribution < -0.4 is 5.73 Å². The Bertz CT molecular complexity index is 389. The molecule has 1 fully saturated rings. The highest BCUT2D eigenvalue weighted by Gasteiger charge is 2.27. The number of furan rings is 1. The quantitative estimate of drug-likeness (QED) is 0.844. The standard InChI is InChI=1S/C10H13BrN2O2/c1-6-4-8(11)15-9(6)10(14)13-3-2-7(12)5-13/h4,7H,2-3,5,12H2,1H3/t7-/m0/s1. The van der Waals surface area contributed by atoms with Gasteiger partial charge in [0.25, 0.3) is 5.91 Å². The number of amides is 1. The number of nitrogens with two attached hydrogens (primary N) is 1. The summed E-state index contributed by atoms with van der Waals surface area (Å²) < 4.78 is 5.90. The predicted octanol–water partition coefficient (Wildman–Crippen LogP) is 1.52. The molecule has 0 aliphatic carbocycles. The average Bonchev–Trinajstić information content (AvgIpc) is 2.71. The van der Waals surface area contributed by atoms with Gasteiger partial charge in [-0.15, -0.1) is 0 Å². The van der Waals surface area contributed by atoms with Gasteiger partial charge < -0.3 is 15.1 Å². The second-order valence-electron chi connectivity index (χ2n) is 3.86. The van der Waals surface area contributed by atoms with Crippen molar-refractivity contribution >= 4 is 21.8 Å². The van der Waals surface area contributed by atoms with Crippen molar-refractivity contribution in [2.45, 2.75) is 19.4 Å². The highest BCUT2D eigenvalue weighted by atomic mass is 79.9. The third kappa shape index (κ3) is 2.08. The number of nitrogens with zero attached hydrogens (tertiary/aromatic N) is 1. The summed E-state index contributed by atoms with van der Waals surface area (Å²) in [4.78, 5) is 13.7. The first kappa shape index (κ1) is 10.7. The van der Waals surface area contributed by atoms with E-state index in [1.54, 1.807) is 11.0 Å². The Kier molecular flexibility index (Phi) is 2.84. The lowest BCUT2D eigenvalue weighted by Crippen LogP contribution is -2.31. The highest BCUT2D eigenvalue weighted by molar-refractivity contribution is 9.10. The van der Waals surface area contributed by atoms with Gasteiger partial charge in [0.2, 0.25) is 0 Å². The van der Waals surface area contributed by atoms with Crippen LogP contribution in [0.4, 0.5) is 0 Å². The molecular weight excluding hydrogens is 260 g/mol. The van der Waals surface area contributed by atoms with Crippen LogP contribution in [-0.4, -0.2) is 29.9 Å². The van der Waals surface area contributed by atoms with E-state index < -0.39 is 0 Å². The Balaban J connectivity index is 2.17. The summed E-state index contributed by atoms with van der Waals surface area (Å²) in [6, 6.07) is 1.90. The summed E-state index contributed by atoms with van der Waals surface area (Å²) in [5, 5.41) is 0. The molecule has 1 amide bonds. The Labute approximate surface area is 96.5 Å². The van der Waals surface area contributed by atoms with Crippen LogP contribution in [0.2, 0.25) is 0 Å². The number of rotatable bonds is 1. The van der Waals surface area contributed by atoms with Gasteiger partial charge in [-0.3, -0.25) is 4.79 Å². The van der Waals surface area contributed by atoms with Gasteiger partial charge >= 0.3 is 0 Å². The molecule has 0 saturated carbocycles. The van der Waals surface area contributed by atoms with Crippen LogP contribution in [0.15, 0.2) is 15.2 Å². The van der Waals surface area contributed by atoms with E-state index in [4.69, 9.17) is 10.2 Å². The topological polar surface area (TPSA) is 59.5 Å². The van der Waals surface area contributed by atoms with E-state index in [1.807, 2.05) is 6.92 Å². The van der Waals surface area contributed by atoms with Crippen LogP contribution in [0.3, 0.4) is 0 Å². The van der Waals surface area contributed by atoms with Crippen LogP contribution in [0.1, 0.15) is 22.5 Å². The number of aryl methyl sites for hydroxylation is 1. The van der Waals surface area contributed by atoms with E-state index in [0.29, 0.717) is 17.0 Å². The Morgan fingerprint density at radius 3 is 2.93 bits per heavy atom. The first-order chi connectivity index (χ1) is 7.08. The van der Waals surface area contributed by atoms with Crippen LogP contribution in [0.5, 0.6) is 0 Å². The molecule has 1 atom stereocenters. The van der Waals surface area contributed by atoms with Gasteiger partial charge in [-0.1, -0.05) is 0 Å². The van der Waals surface area contributed by atoms with Crippen molar-refractivity contribution in [1.29, 1.82) is 0 Å². The van der Waals surface area contributed by atoms with Crippen LogP contribution in [0.25, 0.3) is 0 Å². The van der Waals surface area contributed by atoms with Crippen molar-refractivity contribution in [2.75, 3.05) is 13.1 Å². The smallest absolute Gasteiger partial charge is 0.289 e. The fourth-order valence-corrected chi connectivity index (χ4v) is 2.28. The van der Waals surface area contributed by atoms with Crippen molar-refractivity contribution in [2.24, 2.45) is 5.73 Å². The van der Waals surface area contributed by atoms with Gasteiger partial charge in [-0.05, 0) is 35.3 Å². The molecule has 4 nitrogen and oxygen atoms in total. The van der Waals surface area contributed by atoms with Gasteiger partial charge in [0.05, 0.1) is 0 Å². The first-order valence-electron chi connectivity index (χ1n) is 4.88. The maximum absolute atomic E-state index is 12.0.